The molecule has 0 bridgehead atoms. The number of nitrogens with zero attached hydrogens (tertiary/aromatic N) is 1. The zero-order chi connectivity index (χ0) is 16.8. The first kappa shape index (κ1) is 17.4. The van der Waals surface area contributed by atoms with Crippen LogP contribution in [0.3, 0.4) is 0 Å². The van der Waals surface area contributed by atoms with Gasteiger partial charge in [-0.05, 0) is 30.5 Å². The maximum Gasteiger partial charge on any atom is 0.306 e. The molecule has 2 rings (SSSR count). The number of ether oxygens (including phenoxy) is 1. The molecule has 1 aliphatic rings. The number of halogens is 1. The summed E-state index contributed by atoms with van der Waals surface area (Å²) in [5.74, 6) is -1.39. The maximum absolute atomic E-state index is 13.2. The predicted molar refractivity (Wildman–Crippen MR) is 82.5 cm³/mol. The van der Waals surface area contributed by atoms with E-state index >= 15 is 0 Å². The summed E-state index contributed by atoms with van der Waals surface area (Å²) in [7, 11) is 0. The van der Waals surface area contributed by atoms with Crippen LogP contribution in [-0.2, 0) is 20.7 Å². The molecule has 1 fully saturated rings. The monoisotopic (exact) mass is 323 g/mol. The van der Waals surface area contributed by atoms with Crippen LogP contribution in [0.25, 0.3) is 0 Å². The summed E-state index contributed by atoms with van der Waals surface area (Å²) < 4.78 is 18.5. The van der Waals surface area contributed by atoms with Crippen molar-refractivity contribution in [2.24, 2.45) is 5.92 Å². The van der Waals surface area contributed by atoms with E-state index in [1.54, 1.807) is 11.0 Å². The van der Waals surface area contributed by atoms with Crippen LogP contribution >= 0.6 is 0 Å². The number of carboxylic acids is 1. The highest BCUT2D eigenvalue weighted by Gasteiger charge is 2.28. The van der Waals surface area contributed by atoms with E-state index in [9.17, 15) is 14.0 Å². The standard InChI is InChI=1S/C17H22FNO4/c1-12(5-6-13-3-2-4-14(18)9-13)17(22)19-7-8-23-15(11-19)10-16(20)21/h2-4,9,12,15H,5-8,10-11H2,1H3,(H,20,21)/t12-,15+/m1/s1. The van der Waals surface area contributed by atoms with Crippen LogP contribution in [0.5, 0.6) is 0 Å². The lowest BCUT2D eigenvalue weighted by atomic mass is 9.99. The number of benzene rings is 1. The summed E-state index contributed by atoms with van der Waals surface area (Å²) in [5.41, 5.74) is 0.871. The molecule has 0 spiro atoms. The van der Waals surface area contributed by atoms with E-state index in [4.69, 9.17) is 9.84 Å². The molecule has 6 heteroatoms. The number of hydrogen-bond acceptors (Lipinski definition) is 3. The van der Waals surface area contributed by atoms with Gasteiger partial charge in [0, 0.05) is 19.0 Å². The van der Waals surface area contributed by atoms with Crippen molar-refractivity contribution in [3.05, 3.63) is 35.6 Å². The highest BCUT2D eigenvalue weighted by atomic mass is 19.1. The molecule has 0 aromatic heterocycles. The van der Waals surface area contributed by atoms with Crippen molar-refractivity contribution >= 4 is 11.9 Å². The molecular formula is C17H22FNO4. The fraction of sp³-hybridized carbons (Fsp3) is 0.529. The molecule has 1 saturated heterocycles. The Hall–Kier alpha value is -1.95. The molecule has 0 aliphatic carbocycles. The lowest BCUT2D eigenvalue weighted by Gasteiger charge is -2.34. The Labute approximate surface area is 135 Å². The zero-order valence-electron chi connectivity index (χ0n) is 13.2. The van der Waals surface area contributed by atoms with E-state index < -0.39 is 12.1 Å². The van der Waals surface area contributed by atoms with E-state index in [1.807, 2.05) is 13.0 Å². The second kappa shape index (κ2) is 8.06. The predicted octanol–water partition coefficient (Wildman–Crippen LogP) is 2.10. The topological polar surface area (TPSA) is 66.8 Å². The first-order valence-corrected chi connectivity index (χ1v) is 7.82. The molecule has 126 valence electrons. The smallest absolute Gasteiger partial charge is 0.306 e. The highest BCUT2D eigenvalue weighted by molar-refractivity contribution is 5.78. The SMILES string of the molecule is C[C@H](CCc1cccc(F)c1)C(=O)N1CCO[C@@H](CC(=O)O)C1. The number of aliphatic carboxylic acids is 1. The van der Waals surface area contributed by atoms with Crippen LogP contribution < -0.4 is 0 Å². The summed E-state index contributed by atoms with van der Waals surface area (Å²) >= 11 is 0. The molecule has 1 aliphatic heterocycles. The summed E-state index contributed by atoms with van der Waals surface area (Å²) in [4.78, 5) is 24.9. The molecule has 1 aromatic rings. The van der Waals surface area contributed by atoms with E-state index in [2.05, 4.69) is 0 Å². The van der Waals surface area contributed by atoms with Crippen molar-refractivity contribution in [2.45, 2.75) is 32.3 Å². The molecule has 5 nitrogen and oxygen atoms in total. The van der Waals surface area contributed by atoms with Crippen LogP contribution in [0.2, 0.25) is 0 Å². The van der Waals surface area contributed by atoms with Crippen molar-refractivity contribution in [2.75, 3.05) is 19.7 Å². The molecule has 1 aromatic carbocycles. The summed E-state index contributed by atoms with van der Waals surface area (Å²) in [6, 6.07) is 6.39. The summed E-state index contributed by atoms with van der Waals surface area (Å²) in [6.45, 7) is 3.01. The van der Waals surface area contributed by atoms with Crippen LogP contribution in [-0.4, -0.2) is 47.7 Å². The largest absolute Gasteiger partial charge is 0.481 e. The van der Waals surface area contributed by atoms with E-state index in [1.165, 1.54) is 12.1 Å². The number of carboxylic acid groups (broad SMARTS) is 1. The highest BCUT2D eigenvalue weighted by Crippen LogP contribution is 2.16. The molecular weight excluding hydrogens is 301 g/mol. The number of morpholine rings is 1. The molecule has 2 atom stereocenters. The van der Waals surface area contributed by atoms with Crippen LogP contribution in [0.1, 0.15) is 25.3 Å². The van der Waals surface area contributed by atoms with Crippen molar-refractivity contribution in [3.8, 4) is 0 Å². The fourth-order valence-corrected chi connectivity index (χ4v) is 2.75. The molecule has 1 N–H and O–H groups in total. The Bertz CT molecular complexity index is 563. The molecule has 1 amide bonds. The molecule has 0 saturated carbocycles. The average Bonchev–Trinajstić information content (AvgIpc) is 2.51. The Balaban J connectivity index is 1.85. The van der Waals surface area contributed by atoms with Gasteiger partial charge in [0.15, 0.2) is 0 Å². The van der Waals surface area contributed by atoms with Crippen molar-refractivity contribution in [1.82, 2.24) is 4.90 Å². The van der Waals surface area contributed by atoms with Gasteiger partial charge in [0.2, 0.25) is 5.91 Å². The van der Waals surface area contributed by atoms with Gasteiger partial charge in [0.25, 0.3) is 0 Å². The molecule has 23 heavy (non-hydrogen) atoms. The second-order valence-electron chi connectivity index (χ2n) is 5.94. The minimum atomic E-state index is -0.927. The van der Waals surface area contributed by atoms with Gasteiger partial charge in [-0.2, -0.15) is 0 Å². The normalized spacial score (nSPS) is 19.4. The Morgan fingerprint density at radius 3 is 2.96 bits per heavy atom. The minimum Gasteiger partial charge on any atom is -0.481 e. The minimum absolute atomic E-state index is 0.0000850. The number of rotatable bonds is 6. The lowest BCUT2D eigenvalue weighted by Crippen LogP contribution is -2.48. The molecule has 0 radical (unpaired) electrons. The maximum atomic E-state index is 13.2. The second-order valence-corrected chi connectivity index (χ2v) is 5.94. The van der Waals surface area contributed by atoms with Gasteiger partial charge in [0.1, 0.15) is 5.82 Å². The number of amides is 1. The summed E-state index contributed by atoms with van der Waals surface area (Å²) in [5, 5.41) is 8.82. The van der Waals surface area contributed by atoms with Gasteiger partial charge in [-0.1, -0.05) is 19.1 Å². The average molecular weight is 323 g/mol. The van der Waals surface area contributed by atoms with Gasteiger partial charge in [-0.25, -0.2) is 4.39 Å². The van der Waals surface area contributed by atoms with Gasteiger partial charge >= 0.3 is 5.97 Å². The Morgan fingerprint density at radius 1 is 1.48 bits per heavy atom. The third kappa shape index (κ3) is 5.32. The number of carbonyl (C=O) groups is 2. The van der Waals surface area contributed by atoms with E-state index in [0.717, 1.165) is 5.56 Å². The van der Waals surface area contributed by atoms with Crippen molar-refractivity contribution in [3.63, 3.8) is 0 Å². The number of carbonyl (C=O) groups excluding carboxylic acids is 1. The number of aryl methyl sites for hydroxylation is 1. The van der Waals surface area contributed by atoms with E-state index in [0.29, 0.717) is 32.5 Å². The molecule has 1 heterocycles. The van der Waals surface area contributed by atoms with Gasteiger partial charge in [-0.15, -0.1) is 0 Å². The van der Waals surface area contributed by atoms with Crippen LogP contribution in [0.4, 0.5) is 4.39 Å². The summed E-state index contributed by atoms with van der Waals surface area (Å²) in [6.07, 6.45) is 0.721. The van der Waals surface area contributed by atoms with Crippen molar-refractivity contribution < 1.29 is 23.8 Å². The quantitative estimate of drug-likeness (QED) is 0.870. The zero-order valence-corrected chi connectivity index (χ0v) is 13.2. The van der Waals surface area contributed by atoms with Gasteiger partial charge < -0.3 is 14.7 Å². The Kier molecular flexibility index (Phi) is 6.10. The third-order valence-corrected chi connectivity index (χ3v) is 4.03. The first-order valence-electron chi connectivity index (χ1n) is 7.82. The molecule has 0 unspecified atom stereocenters. The fourth-order valence-electron chi connectivity index (χ4n) is 2.75. The number of hydrogen-bond donors (Lipinski definition) is 1. The van der Waals surface area contributed by atoms with Gasteiger partial charge in [-0.3, -0.25) is 9.59 Å². The van der Waals surface area contributed by atoms with E-state index in [-0.39, 0.29) is 24.1 Å². The van der Waals surface area contributed by atoms with Crippen molar-refractivity contribution in [1.29, 1.82) is 0 Å². The third-order valence-electron chi connectivity index (χ3n) is 4.03. The first-order chi connectivity index (χ1) is 11.0. The lowest BCUT2D eigenvalue weighted by molar-refractivity contribution is -0.149. The Morgan fingerprint density at radius 2 is 2.26 bits per heavy atom. The van der Waals surface area contributed by atoms with Crippen LogP contribution in [0, 0.1) is 11.7 Å². The van der Waals surface area contributed by atoms with Gasteiger partial charge in [0.05, 0.1) is 19.1 Å². The van der Waals surface area contributed by atoms with Crippen LogP contribution in [0.15, 0.2) is 24.3 Å².